The van der Waals surface area contributed by atoms with Gasteiger partial charge in [0.25, 0.3) is 0 Å². The Bertz CT molecular complexity index is 497. The molecule has 1 aliphatic heterocycles. The Morgan fingerprint density at radius 2 is 1.86 bits per heavy atom. The second-order valence-corrected chi connectivity index (χ2v) is 7.60. The van der Waals surface area contributed by atoms with Gasteiger partial charge in [-0.2, -0.15) is 4.98 Å². The number of methoxy groups -OCH3 is 1. The lowest BCUT2D eigenvalue weighted by Gasteiger charge is -2.46. The van der Waals surface area contributed by atoms with Crippen LogP contribution in [-0.2, 0) is 6.42 Å². The number of aryl methyl sites for hydroxylation is 1. The Morgan fingerprint density at radius 3 is 2.41 bits per heavy atom. The average molecular weight is 306 g/mol. The third-order valence-corrected chi connectivity index (χ3v) is 3.97. The zero-order chi connectivity index (χ0) is 16.4. The molecule has 0 saturated carbocycles. The van der Waals surface area contributed by atoms with Gasteiger partial charge in [0.15, 0.2) is 0 Å². The Morgan fingerprint density at radius 1 is 1.23 bits per heavy atom. The maximum atomic E-state index is 5.31. The van der Waals surface area contributed by atoms with Crippen LogP contribution in [0.4, 0.5) is 5.82 Å². The van der Waals surface area contributed by atoms with Crippen LogP contribution in [-0.4, -0.2) is 34.2 Å². The van der Waals surface area contributed by atoms with E-state index in [4.69, 9.17) is 4.74 Å². The van der Waals surface area contributed by atoms with Gasteiger partial charge in [-0.25, -0.2) is 4.98 Å². The second kappa shape index (κ2) is 6.41. The van der Waals surface area contributed by atoms with Gasteiger partial charge in [0.05, 0.1) is 7.11 Å². The van der Waals surface area contributed by atoms with E-state index in [-0.39, 0.29) is 11.1 Å². The first kappa shape index (κ1) is 17.0. The van der Waals surface area contributed by atoms with E-state index in [1.807, 2.05) is 6.07 Å². The Balaban J connectivity index is 2.17. The molecule has 1 aromatic heterocycles. The predicted octanol–water partition coefficient (Wildman–Crippen LogP) is 3.16. The highest BCUT2D eigenvalue weighted by atomic mass is 16.5. The van der Waals surface area contributed by atoms with Crippen LogP contribution in [0, 0.1) is 0 Å². The molecule has 0 spiro atoms. The summed E-state index contributed by atoms with van der Waals surface area (Å²) in [7, 11) is 1.65. The van der Waals surface area contributed by atoms with E-state index in [0.29, 0.717) is 11.9 Å². The van der Waals surface area contributed by atoms with Crippen molar-refractivity contribution >= 4 is 5.82 Å². The molecule has 0 amide bonds. The van der Waals surface area contributed by atoms with Gasteiger partial charge in [0, 0.05) is 29.6 Å². The van der Waals surface area contributed by atoms with Crippen molar-refractivity contribution in [1.82, 2.24) is 15.3 Å². The molecule has 5 nitrogen and oxygen atoms in total. The number of hydrogen-bond acceptors (Lipinski definition) is 5. The third-order valence-electron chi connectivity index (χ3n) is 3.97. The molecule has 5 heteroatoms. The maximum Gasteiger partial charge on any atom is 0.218 e. The van der Waals surface area contributed by atoms with Crippen molar-refractivity contribution in [3.63, 3.8) is 0 Å². The van der Waals surface area contributed by atoms with Crippen LogP contribution in [0.5, 0.6) is 5.88 Å². The lowest BCUT2D eigenvalue weighted by atomic mass is 9.79. The number of aromatic nitrogens is 2. The largest absolute Gasteiger partial charge is 0.481 e. The zero-order valence-electron chi connectivity index (χ0n) is 14.8. The van der Waals surface area contributed by atoms with Crippen molar-refractivity contribution in [2.75, 3.05) is 12.4 Å². The molecule has 22 heavy (non-hydrogen) atoms. The van der Waals surface area contributed by atoms with Crippen molar-refractivity contribution in [2.24, 2.45) is 0 Å². The summed E-state index contributed by atoms with van der Waals surface area (Å²) in [5, 5.41) is 7.30. The summed E-state index contributed by atoms with van der Waals surface area (Å²) in [6.45, 7) is 11.2. The summed E-state index contributed by atoms with van der Waals surface area (Å²) in [5.41, 5.74) is 0.228. The first-order chi connectivity index (χ1) is 10.2. The summed E-state index contributed by atoms with van der Waals surface area (Å²) in [4.78, 5) is 9.04. The van der Waals surface area contributed by atoms with Crippen molar-refractivity contribution in [3.8, 4) is 5.88 Å². The fourth-order valence-corrected chi connectivity index (χ4v) is 3.62. The monoisotopic (exact) mass is 306 g/mol. The van der Waals surface area contributed by atoms with E-state index >= 15 is 0 Å². The van der Waals surface area contributed by atoms with E-state index in [2.05, 4.69) is 55.2 Å². The lowest BCUT2D eigenvalue weighted by Crippen LogP contribution is -2.60. The number of rotatable bonds is 5. The SMILES string of the molecule is CCCc1nc(NC2CC(C)(C)NC(C)(C)C2)cc(OC)n1. The molecule has 0 bridgehead atoms. The first-order valence-corrected chi connectivity index (χ1v) is 8.21. The normalized spacial score (nSPS) is 20.6. The number of nitrogens with one attached hydrogen (secondary N) is 2. The molecule has 124 valence electrons. The summed E-state index contributed by atoms with van der Waals surface area (Å²) >= 11 is 0. The van der Waals surface area contributed by atoms with Gasteiger partial charge in [-0.05, 0) is 47.0 Å². The van der Waals surface area contributed by atoms with Gasteiger partial charge < -0.3 is 15.4 Å². The molecular formula is C17H30N4O. The number of anilines is 1. The van der Waals surface area contributed by atoms with E-state index in [1.54, 1.807) is 7.11 Å². The smallest absolute Gasteiger partial charge is 0.218 e. The zero-order valence-corrected chi connectivity index (χ0v) is 14.8. The molecule has 1 aromatic rings. The predicted molar refractivity (Wildman–Crippen MR) is 90.5 cm³/mol. The van der Waals surface area contributed by atoms with Gasteiger partial charge in [-0.15, -0.1) is 0 Å². The molecule has 1 saturated heterocycles. The maximum absolute atomic E-state index is 5.31. The first-order valence-electron chi connectivity index (χ1n) is 8.21. The highest BCUT2D eigenvalue weighted by Gasteiger charge is 2.37. The van der Waals surface area contributed by atoms with E-state index in [0.717, 1.165) is 37.3 Å². The van der Waals surface area contributed by atoms with Crippen LogP contribution in [0.1, 0.15) is 59.7 Å². The highest BCUT2D eigenvalue weighted by molar-refractivity contribution is 5.40. The topological polar surface area (TPSA) is 59.1 Å². The molecule has 0 radical (unpaired) electrons. The third kappa shape index (κ3) is 4.57. The molecule has 1 aliphatic rings. The molecule has 0 unspecified atom stereocenters. The highest BCUT2D eigenvalue weighted by Crippen LogP contribution is 2.30. The van der Waals surface area contributed by atoms with Gasteiger partial charge in [-0.3, -0.25) is 0 Å². The van der Waals surface area contributed by atoms with Gasteiger partial charge in [-0.1, -0.05) is 6.92 Å². The molecule has 2 rings (SSSR count). The molecular weight excluding hydrogens is 276 g/mol. The number of ether oxygens (including phenoxy) is 1. The van der Waals surface area contributed by atoms with Crippen molar-refractivity contribution in [2.45, 2.75) is 77.4 Å². The summed E-state index contributed by atoms with van der Waals surface area (Å²) in [5.74, 6) is 2.35. The Kier molecular flexibility index (Phi) is 4.95. The Labute approximate surface area is 134 Å². The van der Waals surface area contributed by atoms with Crippen LogP contribution < -0.4 is 15.4 Å². The van der Waals surface area contributed by atoms with Crippen LogP contribution in [0.2, 0.25) is 0 Å². The van der Waals surface area contributed by atoms with Gasteiger partial charge in [0.2, 0.25) is 5.88 Å². The fraction of sp³-hybridized carbons (Fsp3) is 0.765. The van der Waals surface area contributed by atoms with Crippen LogP contribution in [0.25, 0.3) is 0 Å². The van der Waals surface area contributed by atoms with E-state index in [1.165, 1.54) is 0 Å². The van der Waals surface area contributed by atoms with Crippen molar-refractivity contribution in [1.29, 1.82) is 0 Å². The summed E-state index contributed by atoms with van der Waals surface area (Å²) in [6.07, 6.45) is 4.02. The molecule has 2 heterocycles. The molecule has 1 fully saturated rings. The summed E-state index contributed by atoms with van der Waals surface area (Å²) in [6, 6.07) is 2.28. The lowest BCUT2D eigenvalue weighted by molar-refractivity contribution is 0.170. The van der Waals surface area contributed by atoms with Crippen molar-refractivity contribution < 1.29 is 4.74 Å². The Hall–Kier alpha value is -1.36. The minimum Gasteiger partial charge on any atom is -0.481 e. The van der Waals surface area contributed by atoms with E-state index in [9.17, 15) is 0 Å². The quantitative estimate of drug-likeness (QED) is 0.875. The molecule has 0 aromatic carbocycles. The molecule has 0 atom stereocenters. The summed E-state index contributed by atoms with van der Waals surface area (Å²) < 4.78 is 5.31. The molecule has 0 aliphatic carbocycles. The fourth-order valence-electron chi connectivity index (χ4n) is 3.62. The second-order valence-electron chi connectivity index (χ2n) is 7.60. The van der Waals surface area contributed by atoms with Crippen LogP contribution >= 0.6 is 0 Å². The minimum absolute atomic E-state index is 0.114. The van der Waals surface area contributed by atoms with E-state index < -0.39 is 0 Å². The minimum atomic E-state index is 0.114. The van der Waals surface area contributed by atoms with Crippen LogP contribution in [0.3, 0.4) is 0 Å². The van der Waals surface area contributed by atoms with Crippen LogP contribution in [0.15, 0.2) is 6.07 Å². The standard InChI is InChI=1S/C17H30N4O/c1-7-8-13-19-14(9-15(20-13)22-6)18-12-10-16(2,3)21-17(4,5)11-12/h9,12,21H,7-8,10-11H2,1-6H3,(H,18,19,20). The number of nitrogens with zero attached hydrogens (tertiary/aromatic N) is 2. The van der Waals surface area contributed by atoms with Gasteiger partial charge >= 0.3 is 0 Å². The van der Waals surface area contributed by atoms with Gasteiger partial charge in [0.1, 0.15) is 11.6 Å². The molecule has 2 N–H and O–H groups in total. The van der Waals surface area contributed by atoms with Crippen molar-refractivity contribution in [3.05, 3.63) is 11.9 Å². The number of hydrogen-bond donors (Lipinski definition) is 2. The average Bonchev–Trinajstić information content (AvgIpc) is 2.34. The number of piperidine rings is 1.